The van der Waals surface area contributed by atoms with Crippen LogP contribution in [0.5, 0.6) is 0 Å². The quantitative estimate of drug-likeness (QED) is 0.875. The SMILES string of the molecule is CC(Nc1c(Cl)cccc1Cl)c1ccc(C(=O)O)o1. The van der Waals surface area contributed by atoms with E-state index in [1.165, 1.54) is 6.07 Å². The molecule has 1 unspecified atom stereocenters. The fraction of sp³-hybridized carbons (Fsp3) is 0.154. The van der Waals surface area contributed by atoms with Crippen LogP contribution >= 0.6 is 23.2 Å². The molecule has 0 spiro atoms. The van der Waals surface area contributed by atoms with Crippen LogP contribution in [-0.2, 0) is 0 Å². The van der Waals surface area contributed by atoms with Crippen LogP contribution < -0.4 is 5.32 Å². The molecule has 1 heterocycles. The molecule has 19 heavy (non-hydrogen) atoms. The Balaban J connectivity index is 2.20. The van der Waals surface area contributed by atoms with Crippen molar-refractivity contribution in [3.63, 3.8) is 0 Å². The van der Waals surface area contributed by atoms with E-state index in [9.17, 15) is 4.79 Å². The van der Waals surface area contributed by atoms with E-state index in [0.29, 0.717) is 21.5 Å². The van der Waals surface area contributed by atoms with Crippen LogP contribution in [0, 0.1) is 0 Å². The molecule has 0 bridgehead atoms. The first-order valence-electron chi connectivity index (χ1n) is 5.52. The van der Waals surface area contributed by atoms with Gasteiger partial charge in [-0.05, 0) is 31.2 Å². The van der Waals surface area contributed by atoms with Gasteiger partial charge in [0.1, 0.15) is 5.76 Å². The number of hydrogen-bond acceptors (Lipinski definition) is 3. The summed E-state index contributed by atoms with van der Waals surface area (Å²) in [6.45, 7) is 1.82. The molecule has 1 aromatic carbocycles. The zero-order valence-corrected chi connectivity index (χ0v) is 11.5. The fourth-order valence-corrected chi connectivity index (χ4v) is 2.13. The van der Waals surface area contributed by atoms with Gasteiger partial charge in [-0.1, -0.05) is 29.3 Å². The van der Waals surface area contributed by atoms with Crippen molar-refractivity contribution in [3.8, 4) is 0 Å². The van der Waals surface area contributed by atoms with Crippen LogP contribution in [0.4, 0.5) is 5.69 Å². The average Bonchev–Trinajstić information content (AvgIpc) is 2.83. The molecule has 0 amide bonds. The number of carboxylic acids is 1. The Labute approximate surface area is 119 Å². The number of benzene rings is 1. The third-order valence-corrected chi connectivity index (χ3v) is 3.22. The molecule has 0 aliphatic carbocycles. The van der Waals surface area contributed by atoms with Crippen molar-refractivity contribution in [3.05, 3.63) is 51.9 Å². The molecule has 1 aromatic heterocycles. The lowest BCUT2D eigenvalue weighted by atomic mass is 10.2. The van der Waals surface area contributed by atoms with Gasteiger partial charge in [-0.2, -0.15) is 0 Å². The summed E-state index contributed by atoms with van der Waals surface area (Å²) < 4.78 is 5.21. The maximum atomic E-state index is 10.7. The van der Waals surface area contributed by atoms with E-state index in [0.717, 1.165) is 0 Å². The van der Waals surface area contributed by atoms with E-state index in [4.69, 9.17) is 32.7 Å². The molecule has 1 atom stereocenters. The minimum absolute atomic E-state index is 0.103. The molecule has 6 heteroatoms. The molecule has 0 aliphatic rings. The minimum atomic E-state index is -1.10. The average molecular weight is 300 g/mol. The Hall–Kier alpha value is -1.65. The lowest BCUT2D eigenvalue weighted by Crippen LogP contribution is -2.06. The summed E-state index contributed by atoms with van der Waals surface area (Å²) in [6, 6.07) is 7.93. The van der Waals surface area contributed by atoms with Crippen LogP contribution in [0.3, 0.4) is 0 Å². The molecule has 0 fully saturated rings. The van der Waals surface area contributed by atoms with Gasteiger partial charge in [-0.15, -0.1) is 0 Å². The Morgan fingerprint density at radius 2 is 1.89 bits per heavy atom. The Morgan fingerprint density at radius 1 is 1.26 bits per heavy atom. The summed E-state index contributed by atoms with van der Waals surface area (Å²) >= 11 is 12.1. The number of nitrogens with one attached hydrogen (secondary N) is 1. The molecular formula is C13H11Cl2NO3. The van der Waals surface area contributed by atoms with Gasteiger partial charge in [-0.25, -0.2) is 4.79 Å². The molecule has 0 saturated heterocycles. The largest absolute Gasteiger partial charge is 0.475 e. The monoisotopic (exact) mass is 299 g/mol. The second-order valence-electron chi connectivity index (χ2n) is 3.97. The zero-order chi connectivity index (χ0) is 14.0. The summed E-state index contributed by atoms with van der Waals surface area (Å²) in [7, 11) is 0. The van der Waals surface area contributed by atoms with Gasteiger partial charge in [0.05, 0.1) is 21.8 Å². The summed E-state index contributed by atoms with van der Waals surface area (Å²) in [4.78, 5) is 10.7. The van der Waals surface area contributed by atoms with Crippen LogP contribution in [-0.4, -0.2) is 11.1 Å². The molecule has 100 valence electrons. The maximum absolute atomic E-state index is 10.7. The van der Waals surface area contributed by atoms with Crippen LogP contribution in [0.1, 0.15) is 29.3 Å². The molecule has 0 radical (unpaired) electrons. The topological polar surface area (TPSA) is 62.5 Å². The molecule has 2 aromatic rings. The van der Waals surface area contributed by atoms with Crippen molar-refractivity contribution in [1.29, 1.82) is 0 Å². The first-order chi connectivity index (χ1) is 8.99. The molecule has 0 aliphatic heterocycles. The highest BCUT2D eigenvalue weighted by Gasteiger charge is 2.16. The van der Waals surface area contributed by atoms with E-state index in [-0.39, 0.29) is 11.8 Å². The number of hydrogen-bond donors (Lipinski definition) is 2. The standard InChI is InChI=1S/C13H11Cl2NO3/c1-7(10-5-6-11(19-10)13(17)18)16-12-8(14)3-2-4-9(12)15/h2-7,16H,1H3,(H,17,18). The van der Waals surface area contributed by atoms with E-state index in [1.807, 2.05) is 6.92 Å². The van der Waals surface area contributed by atoms with E-state index < -0.39 is 5.97 Å². The van der Waals surface area contributed by atoms with Crippen LogP contribution in [0.15, 0.2) is 34.7 Å². The number of rotatable bonds is 4. The highest BCUT2D eigenvalue weighted by molar-refractivity contribution is 6.39. The predicted molar refractivity (Wildman–Crippen MR) is 74.2 cm³/mol. The normalized spacial score (nSPS) is 12.2. The highest BCUT2D eigenvalue weighted by atomic mass is 35.5. The van der Waals surface area contributed by atoms with Crippen LogP contribution in [0.2, 0.25) is 10.0 Å². The molecule has 2 N–H and O–H groups in total. The highest BCUT2D eigenvalue weighted by Crippen LogP contribution is 2.33. The fourth-order valence-electron chi connectivity index (χ4n) is 1.62. The summed E-state index contributed by atoms with van der Waals surface area (Å²) in [5, 5.41) is 12.9. The van der Waals surface area contributed by atoms with Crippen molar-refractivity contribution in [1.82, 2.24) is 0 Å². The number of halogens is 2. The number of anilines is 1. The predicted octanol–water partition coefficient (Wildman–Crippen LogP) is 4.46. The van der Waals surface area contributed by atoms with Gasteiger partial charge < -0.3 is 14.8 Å². The number of aromatic carboxylic acids is 1. The summed E-state index contributed by atoms with van der Waals surface area (Å²) in [5.41, 5.74) is 0.589. The van der Waals surface area contributed by atoms with Gasteiger partial charge in [0.15, 0.2) is 0 Å². The Kier molecular flexibility index (Phi) is 4.02. The van der Waals surface area contributed by atoms with Gasteiger partial charge in [0.25, 0.3) is 0 Å². The van der Waals surface area contributed by atoms with Gasteiger partial charge >= 0.3 is 5.97 Å². The first-order valence-corrected chi connectivity index (χ1v) is 6.28. The zero-order valence-electron chi connectivity index (χ0n) is 9.98. The maximum Gasteiger partial charge on any atom is 0.371 e. The minimum Gasteiger partial charge on any atom is -0.475 e. The van der Waals surface area contributed by atoms with Gasteiger partial charge in [0, 0.05) is 0 Å². The van der Waals surface area contributed by atoms with Crippen molar-refractivity contribution < 1.29 is 14.3 Å². The van der Waals surface area contributed by atoms with Crippen molar-refractivity contribution in [2.45, 2.75) is 13.0 Å². The first kappa shape index (κ1) is 13.8. The lowest BCUT2D eigenvalue weighted by Gasteiger charge is -2.15. The van der Waals surface area contributed by atoms with E-state index in [2.05, 4.69) is 5.32 Å². The van der Waals surface area contributed by atoms with E-state index >= 15 is 0 Å². The summed E-state index contributed by atoms with van der Waals surface area (Å²) in [6.07, 6.45) is 0. The molecule has 4 nitrogen and oxygen atoms in total. The lowest BCUT2D eigenvalue weighted by molar-refractivity contribution is 0.0660. The number of carbonyl (C=O) groups is 1. The Morgan fingerprint density at radius 3 is 2.42 bits per heavy atom. The molecule has 0 saturated carbocycles. The smallest absolute Gasteiger partial charge is 0.371 e. The van der Waals surface area contributed by atoms with Crippen molar-refractivity contribution in [2.75, 3.05) is 5.32 Å². The van der Waals surface area contributed by atoms with Gasteiger partial charge in [0.2, 0.25) is 5.76 Å². The second-order valence-corrected chi connectivity index (χ2v) is 4.78. The Bertz CT molecular complexity index is 589. The van der Waals surface area contributed by atoms with Gasteiger partial charge in [-0.3, -0.25) is 0 Å². The summed E-state index contributed by atoms with van der Waals surface area (Å²) in [5.74, 6) is -0.712. The number of para-hydroxylation sites is 1. The second kappa shape index (κ2) is 5.55. The van der Waals surface area contributed by atoms with Crippen LogP contribution in [0.25, 0.3) is 0 Å². The third kappa shape index (κ3) is 3.03. The number of furan rings is 1. The van der Waals surface area contributed by atoms with Crippen molar-refractivity contribution in [2.24, 2.45) is 0 Å². The molecular weight excluding hydrogens is 289 g/mol. The van der Waals surface area contributed by atoms with E-state index in [1.54, 1.807) is 24.3 Å². The van der Waals surface area contributed by atoms with Crippen molar-refractivity contribution >= 4 is 34.9 Å². The molecule has 2 rings (SSSR count). The number of carboxylic acid groups (broad SMARTS) is 1. The third-order valence-electron chi connectivity index (χ3n) is 2.59.